The van der Waals surface area contributed by atoms with Crippen molar-refractivity contribution in [2.45, 2.75) is 6.92 Å². The van der Waals surface area contributed by atoms with Crippen LogP contribution in [0.1, 0.15) is 21.6 Å². The van der Waals surface area contributed by atoms with Crippen LogP contribution in [-0.2, 0) is 0 Å². The van der Waals surface area contributed by atoms with Gasteiger partial charge in [0.1, 0.15) is 0 Å². The summed E-state index contributed by atoms with van der Waals surface area (Å²) < 4.78 is 3.69. The molecule has 5 aromatic rings. The lowest BCUT2D eigenvalue weighted by Gasteiger charge is -2.08. The number of nitrogens with zero attached hydrogens (tertiary/aromatic N) is 5. The highest BCUT2D eigenvalue weighted by molar-refractivity contribution is 6.12. The summed E-state index contributed by atoms with van der Waals surface area (Å²) in [6.07, 6.45) is 7.07. The van der Waals surface area contributed by atoms with Crippen LogP contribution < -0.4 is 0 Å². The maximum absolute atomic E-state index is 12.9. The Hall–Kier alpha value is -4.06. The van der Waals surface area contributed by atoms with Crippen molar-refractivity contribution >= 4 is 11.4 Å². The van der Waals surface area contributed by atoms with E-state index in [1.807, 2.05) is 60.2 Å². The summed E-state index contributed by atoms with van der Waals surface area (Å²) in [5.41, 5.74) is 5.44. The molecule has 0 atom stereocenters. The Morgan fingerprint density at radius 3 is 2.62 bits per heavy atom. The smallest absolute Gasteiger partial charge is 0.198 e. The number of aryl methyl sites for hydroxylation is 1. The molecule has 29 heavy (non-hydrogen) atoms. The van der Waals surface area contributed by atoms with Crippen molar-refractivity contribution in [2.24, 2.45) is 0 Å². The van der Waals surface area contributed by atoms with Crippen LogP contribution in [0.3, 0.4) is 0 Å². The lowest BCUT2D eigenvalue weighted by Crippen LogP contribution is -2.02. The zero-order chi connectivity index (χ0) is 19.8. The standard InChI is InChI=1S/C23H17N5O/c1-16-14-27(15-25-16)19-9-5-8-18(12-19)21-10-11-24-23-20(13-26-28(21)23)22(29)17-6-3-2-4-7-17/h2-15H,1H3. The number of fused-ring (bicyclic) bond motifs is 1. The molecule has 3 heterocycles. The van der Waals surface area contributed by atoms with E-state index in [0.717, 1.165) is 22.6 Å². The second-order valence-electron chi connectivity index (χ2n) is 6.79. The number of carbonyl (C=O) groups is 1. The van der Waals surface area contributed by atoms with E-state index in [-0.39, 0.29) is 5.78 Å². The van der Waals surface area contributed by atoms with Crippen molar-refractivity contribution in [3.8, 4) is 16.9 Å². The van der Waals surface area contributed by atoms with Crippen molar-refractivity contribution in [3.63, 3.8) is 0 Å². The molecule has 0 saturated heterocycles. The van der Waals surface area contributed by atoms with Gasteiger partial charge in [0.05, 0.1) is 29.5 Å². The summed E-state index contributed by atoms with van der Waals surface area (Å²) in [6.45, 7) is 1.96. The van der Waals surface area contributed by atoms with E-state index in [2.05, 4.69) is 21.1 Å². The summed E-state index contributed by atoms with van der Waals surface area (Å²) in [6, 6.07) is 19.2. The average Bonchev–Trinajstić information content (AvgIpc) is 3.40. The van der Waals surface area contributed by atoms with E-state index in [0.29, 0.717) is 16.8 Å². The highest BCUT2D eigenvalue weighted by atomic mass is 16.1. The Labute approximate surface area is 167 Å². The van der Waals surface area contributed by atoms with Crippen LogP contribution in [0.25, 0.3) is 22.6 Å². The minimum absolute atomic E-state index is 0.0899. The molecule has 3 aromatic heterocycles. The van der Waals surface area contributed by atoms with Crippen molar-refractivity contribution in [2.75, 3.05) is 0 Å². The highest BCUT2D eigenvalue weighted by Crippen LogP contribution is 2.24. The number of ketones is 1. The van der Waals surface area contributed by atoms with Gasteiger partial charge in [0.15, 0.2) is 11.4 Å². The molecule has 0 N–H and O–H groups in total. The van der Waals surface area contributed by atoms with Crippen molar-refractivity contribution in [1.82, 2.24) is 24.1 Å². The third kappa shape index (κ3) is 3.00. The van der Waals surface area contributed by atoms with E-state index >= 15 is 0 Å². The second kappa shape index (κ2) is 6.83. The van der Waals surface area contributed by atoms with Crippen LogP contribution in [0.15, 0.2) is 85.6 Å². The summed E-state index contributed by atoms with van der Waals surface area (Å²) >= 11 is 0. The van der Waals surface area contributed by atoms with Gasteiger partial charge in [-0.1, -0.05) is 42.5 Å². The molecule has 5 rings (SSSR count). The van der Waals surface area contributed by atoms with Gasteiger partial charge in [0.25, 0.3) is 0 Å². The molecule has 0 radical (unpaired) electrons. The number of imidazole rings is 1. The molecule has 0 aliphatic carbocycles. The molecule has 6 heteroatoms. The third-order valence-electron chi connectivity index (χ3n) is 4.83. The van der Waals surface area contributed by atoms with Crippen LogP contribution >= 0.6 is 0 Å². The third-order valence-corrected chi connectivity index (χ3v) is 4.83. The predicted molar refractivity (Wildman–Crippen MR) is 110 cm³/mol. The molecule has 0 saturated carbocycles. The molecule has 0 amide bonds. The van der Waals surface area contributed by atoms with Crippen LogP contribution in [0.5, 0.6) is 0 Å². The molecule has 0 fully saturated rings. The topological polar surface area (TPSA) is 65.1 Å². The van der Waals surface area contributed by atoms with E-state index < -0.39 is 0 Å². The summed E-state index contributed by atoms with van der Waals surface area (Å²) in [7, 11) is 0. The van der Waals surface area contributed by atoms with Gasteiger partial charge in [0.2, 0.25) is 0 Å². The molecule has 2 aromatic carbocycles. The largest absolute Gasteiger partial charge is 0.306 e. The van der Waals surface area contributed by atoms with Crippen molar-refractivity contribution < 1.29 is 4.79 Å². The first-order valence-corrected chi connectivity index (χ1v) is 9.24. The fraction of sp³-hybridized carbons (Fsp3) is 0.0435. The fourth-order valence-electron chi connectivity index (χ4n) is 3.40. The minimum atomic E-state index is -0.0899. The van der Waals surface area contributed by atoms with Gasteiger partial charge in [-0.05, 0) is 25.1 Å². The second-order valence-corrected chi connectivity index (χ2v) is 6.79. The van der Waals surface area contributed by atoms with Crippen LogP contribution in [0.4, 0.5) is 0 Å². The summed E-state index contributed by atoms with van der Waals surface area (Å²) in [4.78, 5) is 21.6. The SMILES string of the molecule is Cc1cn(-c2cccc(-c3ccnc4c(C(=O)c5ccccc5)cnn34)c2)cn1. The van der Waals surface area contributed by atoms with Crippen LogP contribution in [0, 0.1) is 6.92 Å². The Bertz CT molecular complexity index is 1330. The quantitative estimate of drug-likeness (QED) is 0.441. The molecule has 140 valence electrons. The number of benzene rings is 2. The molecule has 0 aliphatic rings. The maximum atomic E-state index is 12.9. The Kier molecular flexibility index (Phi) is 4.02. The van der Waals surface area contributed by atoms with Gasteiger partial charge in [-0.2, -0.15) is 5.10 Å². The lowest BCUT2D eigenvalue weighted by atomic mass is 10.1. The normalized spacial score (nSPS) is 11.1. The average molecular weight is 379 g/mol. The maximum Gasteiger partial charge on any atom is 0.198 e. The Balaban J connectivity index is 1.61. The van der Waals surface area contributed by atoms with E-state index in [1.54, 1.807) is 35.4 Å². The number of rotatable bonds is 4. The molecular weight excluding hydrogens is 362 g/mol. The first-order valence-electron chi connectivity index (χ1n) is 9.24. The van der Waals surface area contributed by atoms with Crippen LogP contribution in [-0.4, -0.2) is 29.9 Å². The van der Waals surface area contributed by atoms with Gasteiger partial charge in [-0.3, -0.25) is 4.79 Å². The predicted octanol–water partition coefficient (Wildman–Crippen LogP) is 4.12. The lowest BCUT2D eigenvalue weighted by molar-refractivity contribution is 0.104. The van der Waals surface area contributed by atoms with Gasteiger partial charge in [-0.15, -0.1) is 0 Å². The van der Waals surface area contributed by atoms with Gasteiger partial charge in [0, 0.05) is 29.2 Å². The van der Waals surface area contributed by atoms with Crippen LogP contribution in [0.2, 0.25) is 0 Å². The number of aromatic nitrogens is 5. The fourth-order valence-corrected chi connectivity index (χ4v) is 3.40. The summed E-state index contributed by atoms with van der Waals surface area (Å²) in [5, 5.41) is 4.46. The first kappa shape index (κ1) is 17.1. The van der Waals surface area contributed by atoms with E-state index in [9.17, 15) is 4.79 Å². The molecule has 0 bridgehead atoms. The van der Waals surface area contributed by atoms with Gasteiger partial charge >= 0.3 is 0 Å². The highest BCUT2D eigenvalue weighted by Gasteiger charge is 2.17. The Morgan fingerprint density at radius 1 is 0.966 bits per heavy atom. The molecule has 0 spiro atoms. The number of carbonyl (C=O) groups excluding carboxylic acids is 1. The van der Waals surface area contributed by atoms with Gasteiger partial charge < -0.3 is 4.57 Å². The number of hydrogen-bond donors (Lipinski definition) is 0. The number of hydrogen-bond acceptors (Lipinski definition) is 4. The summed E-state index contributed by atoms with van der Waals surface area (Å²) in [5.74, 6) is -0.0899. The van der Waals surface area contributed by atoms with Gasteiger partial charge in [-0.25, -0.2) is 14.5 Å². The van der Waals surface area contributed by atoms with E-state index in [1.165, 1.54) is 0 Å². The zero-order valence-electron chi connectivity index (χ0n) is 15.7. The molecule has 6 nitrogen and oxygen atoms in total. The molecule has 0 unspecified atom stereocenters. The first-order chi connectivity index (χ1) is 14.2. The van der Waals surface area contributed by atoms with Crippen molar-refractivity contribution in [1.29, 1.82) is 0 Å². The Morgan fingerprint density at radius 2 is 1.83 bits per heavy atom. The minimum Gasteiger partial charge on any atom is -0.306 e. The van der Waals surface area contributed by atoms with E-state index in [4.69, 9.17) is 0 Å². The molecule has 0 aliphatic heterocycles. The molecular formula is C23H17N5O. The zero-order valence-corrected chi connectivity index (χ0v) is 15.7. The van der Waals surface area contributed by atoms with Crippen molar-refractivity contribution in [3.05, 3.63) is 102 Å². The monoisotopic (exact) mass is 379 g/mol.